The zero-order valence-corrected chi connectivity index (χ0v) is 13.6. The summed E-state index contributed by atoms with van der Waals surface area (Å²) in [5.41, 5.74) is -0.355. The quantitative estimate of drug-likeness (QED) is 0.777. The van der Waals surface area contributed by atoms with Crippen LogP contribution in [0.4, 0.5) is 0 Å². The van der Waals surface area contributed by atoms with Gasteiger partial charge in [0.15, 0.2) is 0 Å². The van der Waals surface area contributed by atoms with Crippen molar-refractivity contribution in [2.45, 2.75) is 63.6 Å². The molecule has 2 unspecified atom stereocenters. The molecular weight excluding hydrogens is 260 g/mol. The van der Waals surface area contributed by atoms with E-state index >= 15 is 0 Å². The van der Waals surface area contributed by atoms with Gasteiger partial charge in [0.1, 0.15) is 5.54 Å². The van der Waals surface area contributed by atoms with E-state index in [0.29, 0.717) is 12.1 Å². The maximum absolute atomic E-state index is 9.52. The molecule has 1 N–H and O–H groups in total. The summed E-state index contributed by atoms with van der Waals surface area (Å²) >= 11 is 0. The first-order chi connectivity index (χ1) is 10.1. The fourth-order valence-electron chi connectivity index (χ4n) is 3.59. The fraction of sp³-hybridized carbons (Fsp3) is 0.941. The highest BCUT2D eigenvalue weighted by molar-refractivity contribution is 5.08. The Kier molecular flexibility index (Phi) is 4.54. The number of nitrogens with zero attached hydrogens (tertiary/aromatic N) is 3. The highest BCUT2D eigenvalue weighted by atomic mass is 15.3. The van der Waals surface area contributed by atoms with Crippen molar-refractivity contribution in [3.8, 4) is 6.07 Å². The second-order valence-electron chi connectivity index (χ2n) is 7.70. The van der Waals surface area contributed by atoms with Gasteiger partial charge in [0.25, 0.3) is 0 Å². The average molecular weight is 290 g/mol. The number of rotatable bonds is 7. The number of piperazine rings is 1. The Balaban J connectivity index is 1.44. The molecule has 2 saturated carbocycles. The standard InChI is InChI=1S/C17H30N4/c1-14(11-17(2,13-18)19-16-5-6-16)21-9-7-20(8-10-21)12-15-3-4-15/h14-16,19H,3-12H2,1-2H3. The van der Waals surface area contributed by atoms with E-state index in [2.05, 4.69) is 35.0 Å². The molecule has 0 aromatic carbocycles. The van der Waals surface area contributed by atoms with Gasteiger partial charge < -0.3 is 4.90 Å². The van der Waals surface area contributed by atoms with E-state index < -0.39 is 0 Å². The van der Waals surface area contributed by atoms with Crippen molar-refractivity contribution < 1.29 is 0 Å². The second-order valence-corrected chi connectivity index (χ2v) is 7.70. The SMILES string of the molecule is CC(CC(C)(C#N)NC1CC1)N1CCN(CC2CC2)CC1. The number of hydrogen-bond donors (Lipinski definition) is 1. The van der Waals surface area contributed by atoms with Crippen molar-refractivity contribution >= 4 is 0 Å². The fourth-order valence-corrected chi connectivity index (χ4v) is 3.59. The molecular formula is C17H30N4. The molecule has 1 aliphatic heterocycles. The molecule has 4 nitrogen and oxygen atoms in total. The number of nitriles is 1. The molecule has 0 radical (unpaired) electrons. The Morgan fingerprint density at radius 3 is 2.38 bits per heavy atom. The molecule has 21 heavy (non-hydrogen) atoms. The number of hydrogen-bond acceptors (Lipinski definition) is 4. The Labute approximate surface area is 129 Å². The van der Waals surface area contributed by atoms with Crippen molar-refractivity contribution in [3.63, 3.8) is 0 Å². The van der Waals surface area contributed by atoms with Crippen LogP contribution >= 0.6 is 0 Å². The molecule has 118 valence electrons. The summed E-state index contributed by atoms with van der Waals surface area (Å²) in [6.45, 7) is 10.4. The van der Waals surface area contributed by atoms with Gasteiger partial charge in [-0.05, 0) is 51.9 Å². The first-order valence-corrected chi connectivity index (χ1v) is 8.73. The van der Waals surface area contributed by atoms with Gasteiger partial charge in [-0.3, -0.25) is 10.2 Å². The van der Waals surface area contributed by atoms with Gasteiger partial charge in [-0.1, -0.05) is 0 Å². The molecule has 1 heterocycles. The third kappa shape index (κ3) is 4.42. The molecule has 0 bridgehead atoms. The molecule has 0 aromatic heterocycles. The first-order valence-electron chi connectivity index (χ1n) is 8.73. The summed E-state index contributed by atoms with van der Waals surface area (Å²) in [5, 5.41) is 13.1. The molecule has 2 aliphatic carbocycles. The van der Waals surface area contributed by atoms with E-state index in [1.54, 1.807) is 0 Å². The minimum atomic E-state index is -0.355. The highest BCUT2D eigenvalue weighted by Gasteiger charge is 2.35. The summed E-state index contributed by atoms with van der Waals surface area (Å²) < 4.78 is 0. The predicted molar refractivity (Wildman–Crippen MR) is 85.0 cm³/mol. The van der Waals surface area contributed by atoms with Gasteiger partial charge in [0.2, 0.25) is 0 Å². The van der Waals surface area contributed by atoms with E-state index in [1.165, 1.54) is 58.4 Å². The van der Waals surface area contributed by atoms with Crippen LogP contribution in [-0.4, -0.2) is 60.1 Å². The van der Waals surface area contributed by atoms with E-state index in [9.17, 15) is 5.26 Å². The molecule has 3 fully saturated rings. The normalized spacial score (nSPS) is 28.8. The van der Waals surface area contributed by atoms with E-state index in [-0.39, 0.29) is 5.54 Å². The lowest BCUT2D eigenvalue weighted by Crippen LogP contribution is -2.53. The van der Waals surface area contributed by atoms with E-state index in [0.717, 1.165) is 12.3 Å². The molecule has 0 aromatic rings. The van der Waals surface area contributed by atoms with Crippen molar-refractivity contribution in [1.29, 1.82) is 5.26 Å². The van der Waals surface area contributed by atoms with Crippen LogP contribution in [0.25, 0.3) is 0 Å². The Morgan fingerprint density at radius 2 is 1.86 bits per heavy atom. The molecule has 4 heteroatoms. The van der Waals surface area contributed by atoms with E-state index in [4.69, 9.17) is 0 Å². The summed E-state index contributed by atoms with van der Waals surface area (Å²) in [5.74, 6) is 0.999. The third-order valence-electron chi connectivity index (χ3n) is 5.29. The van der Waals surface area contributed by atoms with Gasteiger partial charge in [0.05, 0.1) is 6.07 Å². The van der Waals surface area contributed by atoms with Gasteiger partial charge in [0, 0.05) is 44.8 Å². The molecule has 3 rings (SSSR count). The zero-order chi connectivity index (χ0) is 14.9. The van der Waals surface area contributed by atoms with Crippen LogP contribution in [0.1, 0.15) is 46.0 Å². The third-order valence-corrected chi connectivity index (χ3v) is 5.29. The molecule has 2 atom stereocenters. The topological polar surface area (TPSA) is 42.3 Å². The van der Waals surface area contributed by atoms with Gasteiger partial charge in [-0.15, -0.1) is 0 Å². The van der Waals surface area contributed by atoms with Crippen molar-refractivity contribution in [2.24, 2.45) is 5.92 Å². The van der Waals surface area contributed by atoms with Crippen LogP contribution in [0.2, 0.25) is 0 Å². The average Bonchev–Trinajstić information content (AvgIpc) is 3.36. The Bertz CT molecular complexity index is 388. The van der Waals surface area contributed by atoms with E-state index in [1.807, 2.05) is 0 Å². The minimum absolute atomic E-state index is 0.355. The molecule has 3 aliphatic rings. The van der Waals surface area contributed by atoms with Gasteiger partial charge in [-0.2, -0.15) is 5.26 Å². The van der Waals surface area contributed by atoms with Gasteiger partial charge >= 0.3 is 0 Å². The Hall–Kier alpha value is -0.630. The van der Waals surface area contributed by atoms with Crippen molar-refractivity contribution in [1.82, 2.24) is 15.1 Å². The monoisotopic (exact) mass is 290 g/mol. The van der Waals surface area contributed by atoms with Crippen LogP contribution in [0.3, 0.4) is 0 Å². The smallest absolute Gasteiger partial charge is 0.105 e. The van der Waals surface area contributed by atoms with Crippen molar-refractivity contribution in [3.05, 3.63) is 0 Å². The van der Waals surface area contributed by atoms with Crippen LogP contribution in [0.5, 0.6) is 0 Å². The predicted octanol–water partition coefficient (Wildman–Crippen LogP) is 1.83. The second kappa shape index (κ2) is 6.24. The maximum Gasteiger partial charge on any atom is 0.105 e. The highest BCUT2D eigenvalue weighted by Crippen LogP contribution is 2.30. The molecule has 1 saturated heterocycles. The maximum atomic E-state index is 9.52. The first kappa shape index (κ1) is 15.3. The summed E-state index contributed by atoms with van der Waals surface area (Å²) in [4.78, 5) is 5.21. The lowest BCUT2D eigenvalue weighted by Gasteiger charge is -2.40. The van der Waals surface area contributed by atoms with Crippen molar-refractivity contribution in [2.75, 3.05) is 32.7 Å². The van der Waals surface area contributed by atoms with Gasteiger partial charge in [-0.25, -0.2) is 0 Å². The van der Waals surface area contributed by atoms with Crippen LogP contribution < -0.4 is 5.32 Å². The molecule has 0 spiro atoms. The van der Waals surface area contributed by atoms with Crippen LogP contribution in [0, 0.1) is 17.2 Å². The summed E-state index contributed by atoms with van der Waals surface area (Å²) in [6.07, 6.45) is 6.31. The lowest BCUT2D eigenvalue weighted by atomic mass is 9.94. The largest absolute Gasteiger partial charge is 0.301 e. The minimum Gasteiger partial charge on any atom is -0.301 e. The summed E-state index contributed by atoms with van der Waals surface area (Å²) in [6, 6.07) is 3.60. The Morgan fingerprint density at radius 1 is 1.19 bits per heavy atom. The molecule has 0 amide bonds. The number of nitrogens with one attached hydrogen (secondary N) is 1. The lowest BCUT2D eigenvalue weighted by molar-refractivity contribution is 0.0879. The summed E-state index contributed by atoms with van der Waals surface area (Å²) in [7, 11) is 0. The zero-order valence-electron chi connectivity index (χ0n) is 13.6. The van der Waals surface area contributed by atoms with Crippen LogP contribution in [-0.2, 0) is 0 Å². The van der Waals surface area contributed by atoms with Crippen LogP contribution in [0.15, 0.2) is 0 Å².